The molecule has 0 saturated heterocycles. The highest BCUT2D eigenvalue weighted by Crippen LogP contribution is 2.38. The van der Waals surface area contributed by atoms with Crippen molar-refractivity contribution in [3.8, 4) is 0 Å². The highest BCUT2D eigenvalue weighted by atomic mass is 32.2. The SMILES string of the molecule is CCCCCC(O)(CCC)CS[C@H]1C(O)CC(=O)[C@@H]1CC=CCCCC(=O)O. The number of Topliss-reactive ketones (excluding diaryl/α,β-unsaturated/α-hetero) is 1. The molecule has 0 heterocycles. The fourth-order valence-electron chi connectivity index (χ4n) is 3.84. The lowest BCUT2D eigenvalue weighted by atomic mass is 9.93. The maximum atomic E-state index is 12.3. The number of allylic oxidation sites excluding steroid dienone is 2. The van der Waals surface area contributed by atoms with Gasteiger partial charge in [0.2, 0.25) is 0 Å². The van der Waals surface area contributed by atoms with Crippen molar-refractivity contribution >= 4 is 23.5 Å². The molecule has 162 valence electrons. The van der Waals surface area contributed by atoms with Gasteiger partial charge in [0.25, 0.3) is 0 Å². The monoisotopic (exact) mass is 414 g/mol. The van der Waals surface area contributed by atoms with Crippen LogP contribution in [0.25, 0.3) is 0 Å². The number of hydrogen-bond acceptors (Lipinski definition) is 5. The van der Waals surface area contributed by atoms with Gasteiger partial charge in [-0.1, -0.05) is 51.7 Å². The van der Waals surface area contributed by atoms with Crippen LogP contribution in [0.3, 0.4) is 0 Å². The second-order valence-electron chi connectivity index (χ2n) is 8.04. The number of aliphatic carboxylic acids is 1. The summed E-state index contributed by atoms with van der Waals surface area (Å²) in [4.78, 5) is 22.8. The third-order valence-electron chi connectivity index (χ3n) is 5.42. The van der Waals surface area contributed by atoms with Crippen LogP contribution < -0.4 is 0 Å². The van der Waals surface area contributed by atoms with Crippen molar-refractivity contribution in [1.29, 1.82) is 0 Å². The Kier molecular flexibility index (Phi) is 12.0. The fourth-order valence-corrected chi connectivity index (χ4v) is 5.44. The molecule has 5 nitrogen and oxygen atoms in total. The molecule has 0 spiro atoms. The first-order chi connectivity index (χ1) is 13.3. The van der Waals surface area contributed by atoms with Gasteiger partial charge < -0.3 is 15.3 Å². The maximum absolute atomic E-state index is 12.3. The van der Waals surface area contributed by atoms with Gasteiger partial charge in [-0.05, 0) is 32.1 Å². The second-order valence-corrected chi connectivity index (χ2v) is 9.21. The van der Waals surface area contributed by atoms with E-state index in [2.05, 4.69) is 13.8 Å². The molecule has 0 aromatic heterocycles. The van der Waals surface area contributed by atoms with Gasteiger partial charge in [0.05, 0.1) is 11.7 Å². The van der Waals surface area contributed by atoms with E-state index in [1.165, 1.54) is 0 Å². The van der Waals surface area contributed by atoms with Crippen molar-refractivity contribution in [3.63, 3.8) is 0 Å². The van der Waals surface area contributed by atoms with Crippen LogP contribution in [0.2, 0.25) is 0 Å². The van der Waals surface area contributed by atoms with Crippen molar-refractivity contribution in [2.24, 2.45) is 5.92 Å². The summed E-state index contributed by atoms with van der Waals surface area (Å²) in [7, 11) is 0. The lowest BCUT2D eigenvalue weighted by Crippen LogP contribution is -2.34. The van der Waals surface area contributed by atoms with Gasteiger partial charge >= 0.3 is 5.97 Å². The molecular formula is C22H38O5S. The van der Waals surface area contributed by atoms with E-state index in [0.29, 0.717) is 25.0 Å². The van der Waals surface area contributed by atoms with Crippen molar-refractivity contribution in [2.75, 3.05) is 5.75 Å². The summed E-state index contributed by atoms with van der Waals surface area (Å²) in [6.07, 6.45) is 11.1. The van der Waals surface area contributed by atoms with Crippen molar-refractivity contribution < 1.29 is 24.9 Å². The normalized spacial score (nSPS) is 24.7. The summed E-state index contributed by atoms with van der Waals surface area (Å²) in [5, 5.41) is 29.8. The Morgan fingerprint density at radius 1 is 1.18 bits per heavy atom. The molecular weight excluding hydrogens is 376 g/mol. The van der Waals surface area contributed by atoms with E-state index in [9.17, 15) is 19.8 Å². The molecule has 0 aromatic carbocycles. The zero-order valence-electron chi connectivity index (χ0n) is 17.4. The van der Waals surface area contributed by atoms with Gasteiger partial charge in [0, 0.05) is 29.8 Å². The van der Waals surface area contributed by atoms with Gasteiger partial charge in [-0.15, -0.1) is 0 Å². The molecule has 1 fully saturated rings. The summed E-state index contributed by atoms with van der Waals surface area (Å²) >= 11 is 1.55. The van der Waals surface area contributed by atoms with Gasteiger partial charge in [0.1, 0.15) is 5.78 Å². The minimum absolute atomic E-state index is 0.0881. The number of carboxylic acids is 1. The van der Waals surface area contributed by atoms with Crippen LogP contribution >= 0.6 is 11.8 Å². The standard InChI is InChI=1S/C22H38O5S/c1-3-5-10-14-22(27,13-4-2)16-28-21-17(18(23)15-19(21)24)11-8-6-7-9-12-20(25)26/h6,8,17,19,21,24,27H,3-5,7,9-16H2,1-2H3,(H,25,26)/t17-,19?,21+,22?/m0/s1. The van der Waals surface area contributed by atoms with Crippen molar-refractivity contribution in [1.82, 2.24) is 0 Å². The molecule has 4 atom stereocenters. The van der Waals surface area contributed by atoms with E-state index in [4.69, 9.17) is 5.11 Å². The Hall–Kier alpha value is -0.850. The minimum atomic E-state index is -0.794. The molecule has 0 aliphatic heterocycles. The number of carbonyl (C=O) groups excluding carboxylic acids is 1. The average molecular weight is 415 g/mol. The van der Waals surface area contributed by atoms with E-state index in [1.54, 1.807) is 11.8 Å². The number of rotatable bonds is 15. The zero-order valence-corrected chi connectivity index (χ0v) is 18.3. The van der Waals surface area contributed by atoms with Crippen LogP contribution in [0.4, 0.5) is 0 Å². The average Bonchev–Trinajstić information content (AvgIpc) is 2.89. The lowest BCUT2D eigenvalue weighted by molar-refractivity contribution is -0.137. The molecule has 1 aliphatic rings. The van der Waals surface area contributed by atoms with Crippen molar-refractivity contribution in [2.45, 2.75) is 101 Å². The molecule has 6 heteroatoms. The molecule has 1 aliphatic carbocycles. The minimum Gasteiger partial charge on any atom is -0.481 e. The molecule has 0 radical (unpaired) electrons. The van der Waals surface area contributed by atoms with Gasteiger partial charge in [-0.25, -0.2) is 0 Å². The lowest BCUT2D eigenvalue weighted by Gasteiger charge is -2.30. The number of aliphatic hydroxyl groups excluding tert-OH is 1. The molecule has 0 amide bonds. The predicted molar refractivity (Wildman–Crippen MR) is 115 cm³/mol. The molecule has 1 saturated carbocycles. The summed E-state index contributed by atoms with van der Waals surface area (Å²) in [6, 6.07) is 0. The molecule has 2 unspecified atom stereocenters. The van der Waals surface area contributed by atoms with E-state index in [0.717, 1.165) is 38.5 Å². The second kappa shape index (κ2) is 13.4. The Morgan fingerprint density at radius 3 is 2.57 bits per heavy atom. The van der Waals surface area contributed by atoms with Crippen LogP contribution in [0.5, 0.6) is 0 Å². The quantitative estimate of drug-likeness (QED) is 0.272. The van der Waals surface area contributed by atoms with Crippen LogP contribution in [0.1, 0.15) is 84.5 Å². The fraction of sp³-hybridized carbons (Fsp3) is 0.818. The Morgan fingerprint density at radius 2 is 1.93 bits per heavy atom. The van der Waals surface area contributed by atoms with E-state index < -0.39 is 17.7 Å². The Balaban J connectivity index is 2.57. The van der Waals surface area contributed by atoms with Crippen LogP contribution in [-0.2, 0) is 9.59 Å². The van der Waals surface area contributed by atoms with Gasteiger partial charge in [-0.3, -0.25) is 9.59 Å². The van der Waals surface area contributed by atoms with Crippen LogP contribution in [0, 0.1) is 5.92 Å². The molecule has 0 aromatic rings. The first kappa shape index (κ1) is 25.2. The number of unbranched alkanes of at least 4 members (excludes halogenated alkanes) is 3. The van der Waals surface area contributed by atoms with Gasteiger partial charge in [-0.2, -0.15) is 11.8 Å². The number of carbonyl (C=O) groups is 2. The summed E-state index contributed by atoms with van der Waals surface area (Å²) in [5.74, 6) is -0.377. The highest BCUT2D eigenvalue weighted by Gasteiger charge is 2.42. The zero-order chi connectivity index (χ0) is 21.0. The smallest absolute Gasteiger partial charge is 0.303 e. The third kappa shape index (κ3) is 9.10. The number of carboxylic acid groups (broad SMARTS) is 1. The number of aliphatic hydroxyl groups is 2. The third-order valence-corrected chi connectivity index (χ3v) is 7.15. The maximum Gasteiger partial charge on any atom is 0.303 e. The molecule has 0 bridgehead atoms. The summed E-state index contributed by atoms with van der Waals surface area (Å²) in [6.45, 7) is 4.22. The Labute approximate surface area is 174 Å². The first-order valence-electron chi connectivity index (χ1n) is 10.7. The van der Waals surface area contributed by atoms with Gasteiger partial charge in [0.15, 0.2) is 0 Å². The summed E-state index contributed by atoms with van der Waals surface area (Å²) < 4.78 is 0. The van der Waals surface area contributed by atoms with E-state index >= 15 is 0 Å². The molecule has 1 rings (SSSR count). The predicted octanol–water partition coefficient (Wildman–Crippen LogP) is 4.35. The number of hydrogen-bond donors (Lipinski definition) is 3. The highest BCUT2D eigenvalue weighted by molar-refractivity contribution is 8.00. The molecule has 28 heavy (non-hydrogen) atoms. The van der Waals surface area contributed by atoms with E-state index in [1.807, 2.05) is 12.2 Å². The largest absolute Gasteiger partial charge is 0.481 e. The summed E-state index contributed by atoms with van der Waals surface area (Å²) in [5.41, 5.74) is -0.725. The molecule has 3 N–H and O–H groups in total. The number of thioether (sulfide) groups is 1. The van der Waals surface area contributed by atoms with Crippen LogP contribution in [0.15, 0.2) is 12.2 Å². The number of ketones is 1. The Bertz CT molecular complexity index is 507. The van der Waals surface area contributed by atoms with Crippen molar-refractivity contribution in [3.05, 3.63) is 12.2 Å². The first-order valence-corrected chi connectivity index (χ1v) is 11.8. The topological polar surface area (TPSA) is 94.8 Å². The van der Waals surface area contributed by atoms with Crippen LogP contribution in [-0.4, -0.2) is 49.8 Å². The van der Waals surface area contributed by atoms with E-state index in [-0.39, 0.29) is 29.8 Å².